The predicted octanol–water partition coefficient (Wildman–Crippen LogP) is 3.38. The van der Waals surface area contributed by atoms with Crippen molar-refractivity contribution in [1.29, 1.82) is 0 Å². The molecule has 6 heteroatoms. The van der Waals surface area contributed by atoms with Gasteiger partial charge in [-0.2, -0.15) is 0 Å². The van der Waals surface area contributed by atoms with E-state index in [2.05, 4.69) is 22.6 Å². The zero-order chi connectivity index (χ0) is 18.7. The standard InChI is InChI=1S/C20H22N4O2/c1-13-5-8-17(11-14(13)2)24-12-19(22-23-24)20(25)21-15(3)16-6-9-18(26-4)10-7-16/h5-12,15H,1-4H3,(H,21,25). The van der Waals surface area contributed by atoms with Crippen LogP contribution in [0, 0.1) is 13.8 Å². The molecule has 0 saturated heterocycles. The Hall–Kier alpha value is -3.15. The van der Waals surface area contributed by atoms with Gasteiger partial charge in [0.2, 0.25) is 0 Å². The molecule has 0 spiro atoms. The van der Waals surface area contributed by atoms with E-state index in [0.717, 1.165) is 22.6 Å². The Balaban J connectivity index is 1.71. The fourth-order valence-corrected chi connectivity index (χ4v) is 2.61. The van der Waals surface area contributed by atoms with Gasteiger partial charge in [0.05, 0.1) is 25.0 Å². The average molecular weight is 350 g/mol. The number of nitrogens with one attached hydrogen (secondary N) is 1. The highest BCUT2D eigenvalue weighted by Gasteiger charge is 2.15. The molecule has 6 nitrogen and oxygen atoms in total. The number of rotatable bonds is 5. The van der Waals surface area contributed by atoms with E-state index in [4.69, 9.17) is 4.74 Å². The average Bonchev–Trinajstić information content (AvgIpc) is 3.14. The van der Waals surface area contributed by atoms with E-state index < -0.39 is 0 Å². The number of amides is 1. The molecule has 1 unspecified atom stereocenters. The van der Waals surface area contributed by atoms with Gasteiger partial charge in [0.25, 0.3) is 5.91 Å². The van der Waals surface area contributed by atoms with Crippen molar-refractivity contribution in [2.24, 2.45) is 0 Å². The molecule has 26 heavy (non-hydrogen) atoms. The lowest BCUT2D eigenvalue weighted by Gasteiger charge is -2.13. The first kappa shape index (κ1) is 17.7. The van der Waals surface area contributed by atoms with Crippen LogP contribution in [0.5, 0.6) is 5.75 Å². The highest BCUT2D eigenvalue weighted by Crippen LogP contribution is 2.18. The summed E-state index contributed by atoms with van der Waals surface area (Å²) in [4.78, 5) is 12.5. The first-order chi connectivity index (χ1) is 12.5. The van der Waals surface area contributed by atoms with Gasteiger partial charge in [0.1, 0.15) is 5.75 Å². The number of aromatic nitrogens is 3. The number of ether oxygens (including phenoxy) is 1. The van der Waals surface area contributed by atoms with Crippen molar-refractivity contribution in [3.63, 3.8) is 0 Å². The number of nitrogens with zero attached hydrogens (tertiary/aromatic N) is 3. The first-order valence-corrected chi connectivity index (χ1v) is 8.42. The van der Waals surface area contributed by atoms with Crippen LogP contribution in [0.25, 0.3) is 5.69 Å². The Bertz CT molecular complexity index is 916. The van der Waals surface area contributed by atoms with Crippen LogP contribution in [0.2, 0.25) is 0 Å². The Kier molecular flexibility index (Phi) is 5.02. The number of hydrogen-bond acceptors (Lipinski definition) is 4. The second-order valence-corrected chi connectivity index (χ2v) is 6.29. The topological polar surface area (TPSA) is 69.0 Å². The van der Waals surface area contributed by atoms with E-state index in [1.165, 1.54) is 5.56 Å². The highest BCUT2D eigenvalue weighted by atomic mass is 16.5. The number of hydrogen-bond donors (Lipinski definition) is 1. The van der Waals surface area contributed by atoms with E-state index >= 15 is 0 Å². The van der Waals surface area contributed by atoms with E-state index in [-0.39, 0.29) is 17.6 Å². The summed E-state index contributed by atoms with van der Waals surface area (Å²) in [7, 11) is 1.62. The Labute approximate surface area is 152 Å². The highest BCUT2D eigenvalue weighted by molar-refractivity contribution is 5.92. The van der Waals surface area contributed by atoms with Crippen LogP contribution in [-0.2, 0) is 0 Å². The van der Waals surface area contributed by atoms with Crippen LogP contribution in [-0.4, -0.2) is 28.0 Å². The summed E-state index contributed by atoms with van der Waals surface area (Å²) in [6.45, 7) is 6.02. The molecule has 2 aromatic carbocycles. The van der Waals surface area contributed by atoms with Gasteiger partial charge in [-0.05, 0) is 61.7 Å². The minimum atomic E-state index is -0.261. The van der Waals surface area contributed by atoms with Gasteiger partial charge in [0, 0.05) is 0 Å². The minimum absolute atomic E-state index is 0.153. The van der Waals surface area contributed by atoms with Crippen molar-refractivity contribution in [2.45, 2.75) is 26.8 Å². The van der Waals surface area contributed by atoms with Gasteiger partial charge in [-0.15, -0.1) is 5.10 Å². The molecule has 0 saturated carbocycles. The molecule has 0 radical (unpaired) electrons. The van der Waals surface area contributed by atoms with Crippen molar-refractivity contribution in [2.75, 3.05) is 7.11 Å². The fraction of sp³-hybridized carbons (Fsp3) is 0.250. The molecular weight excluding hydrogens is 328 g/mol. The van der Waals surface area contributed by atoms with Crippen LogP contribution in [0.4, 0.5) is 0 Å². The maximum atomic E-state index is 12.5. The third kappa shape index (κ3) is 3.74. The zero-order valence-electron chi connectivity index (χ0n) is 15.4. The molecule has 0 aliphatic rings. The summed E-state index contributed by atoms with van der Waals surface area (Å²) in [6.07, 6.45) is 1.64. The molecule has 134 valence electrons. The van der Waals surface area contributed by atoms with Crippen molar-refractivity contribution < 1.29 is 9.53 Å². The second-order valence-electron chi connectivity index (χ2n) is 6.29. The first-order valence-electron chi connectivity index (χ1n) is 8.42. The number of benzene rings is 2. The van der Waals surface area contributed by atoms with Crippen LogP contribution < -0.4 is 10.1 Å². The quantitative estimate of drug-likeness (QED) is 0.766. The molecular formula is C20H22N4O2. The maximum Gasteiger partial charge on any atom is 0.273 e. The van der Waals surface area contributed by atoms with E-state index in [1.54, 1.807) is 18.0 Å². The molecule has 0 fully saturated rings. The van der Waals surface area contributed by atoms with Crippen LogP contribution in [0.15, 0.2) is 48.7 Å². The Morgan fingerprint density at radius 1 is 1.12 bits per heavy atom. The zero-order valence-corrected chi connectivity index (χ0v) is 15.4. The van der Waals surface area contributed by atoms with Gasteiger partial charge >= 0.3 is 0 Å². The number of aryl methyl sites for hydroxylation is 2. The van der Waals surface area contributed by atoms with Gasteiger partial charge in [-0.25, -0.2) is 4.68 Å². The second kappa shape index (κ2) is 7.39. The van der Waals surface area contributed by atoms with E-state index in [1.807, 2.05) is 56.3 Å². The molecule has 0 bridgehead atoms. The summed E-state index contributed by atoms with van der Waals surface area (Å²) >= 11 is 0. The summed E-state index contributed by atoms with van der Waals surface area (Å²) in [5.74, 6) is 0.520. The van der Waals surface area contributed by atoms with Crippen molar-refractivity contribution in [3.8, 4) is 11.4 Å². The van der Waals surface area contributed by atoms with Crippen LogP contribution in [0.3, 0.4) is 0 Å². The summed E-state index contributed by atoms with van der Waals surface area (Å²) in [6, 6.07) is 13.4. The number of carbonyl (C=O) groups excluding carboxylic acids is 1. The lowest BCUT2D eigenvalue weighted by atomic mass is 10.1. The van der Waals surface area contributed by atoms with Crippen LogP contribution in [0.1, 0.15) is 40.1 Å². The minimum Gasteiger partial charge on any atom is -0.497 e. The monoisotopic (exact) mass is 350 g/mol. The third-order valence-electron chi connectivity index (χ3n) is 4.44. The largest absolute Gasteiger partial charge is 0.497 e. The van der Waals surface area contributed by atoms with Gasteiger partial charge < -0.3 is 10.1 Å². The summed E-state index contributed by atoms with van der Waals surface area (Å²) < 4.78 is 6.76. The van der Waals surface area contributed by atoms with Gasteiger partial charge in [0.15, 0.2) is 5.69 Å². The van der Waals surface area contributed by atoms with Gasteiger partial charge in [-0.3, -0.25) is 4.79 Å². The normalized spacial score (nSPS) is 11.8. The van der Waals surface area contributed by atoms with Crippen molar-refractivity contribution in [1.82, 2.24) is 20.3 Å². The number of carbonyl (C=O) groups is 1. The summed E-state index contributed by atoms with van der Waals surface area (Å²) in [5, 5.41) is 11.0. The molecule has 0 aliphatic carbocycles. The predicted molar refractivity (Wildman–Crippen MR) is 99.7 cm³/mol. The molecule has 1 amide bonds. The molecule has 0 aliphatic heterocycles. The number of methoxy groups -OCH3 is 1. The van der Waals surface area contributed by atoms with E-state index in [0.29, 0.717) is 0 Å². The Morgan fingerprint density at radius 3 is 2.50 bits per heavy atom. The molecule has 1 N–H and O–H groups in total. The summed E-state index contributed by atoms with van der Waals surface area (Å²) in [5.41, 5.74) is 4.52. The van der Waals surface area contributed by atoms with Crippen molar-refractivity contribution in [3.05, 3.63) is 71.0 Å². The van der Waals surface area contributed by atoms with Crippen LogP contribution >= 0.6 is 0 Å². The van der Waals surface area contributed by atoms with E-state index in [9.17, 15) is 4.79 Å². The lowest BCUT2D eigenvalue weighted by molar-refractivity contribution is 0.0935. The SMILES string of the molecule is COc1ccc(C(C)NC(=O)c2cn(-c3ccc(C)c(C)c3)nn2)cc1. The molecule has 1 atom stereocenters. The molecule has 3 rings (SSSR count). The molecule has 1 aromatic heterocycles. The smallest absolute Gasteiger partial charge is 0.273 e. The third-order valence-corrected chi connectivity index (χ3v) is 4.44. The maximum absolute atomic E-state index is 12.5. The van der Waals surface area contributed by atoms with Crippen molar-refractivity contribution >= 4 is 5.91 Å². The Morgan fingerprint density at radius 2 is 1.85 bits per heavy atom. The molecule has 1 heterocycles. The fourth-order valence-electron chi connectivity index (χ4n) is 2.61. The van der Waals surface area contributed by atoms with Gasteiger partial charge in [-0.1, -0.05) is 23.4 Å². The molecule has 3 aromatic rings. The lowest BCUT2D eigenvalue weighted by Crippen LogP contribution is -2.26.